The molecule has 0 bridgehead atoms. The number of hydrogen-bond donors (Lipinski definition) is 0. The van der Waals surface area contributed by atoms with Gasteiger partial charge in [0.1, 0.15) is 30.3 Å². The Kier molecular flexibility index (Phi) is 5.36. The Morgan fingerprint density at radius 2 is 1.81 bits per heavy atom. The van der Waals surface area contributed by atoms with Crippen molar-refractivity contribution >= 4 is 28.3 Å². The molecule has 7 heteroatoms. The molecular formula is C20H20ClFN4O. The average Bonchev–Trinajstić information content (AvgIpc) is 2.70. The Morgan fingerprint density at radius 1 is 1.00 bits per heavy atom. The number of anilines is 1. The van der Waals surface area contributed by atoms with Crippen molar-refractivity contribution < 1.29 is 9.13 Å². The molecule has 2 aromatic carbocycles. The van der Waals surface area contributed by atoms with Crippen molar-refractivity contribution in [2.75, 3.05) is 44.2 Å². The molecule has 0 atom stereocenters. The number of benzene rings is 2. The first-order chi connectivity index (χ1) is 13.2. The molecule has 4 rings (SSSR count). The van der Waals surface area contributed by atoms with E-state index in [0.717, 1.165) is 32.7 Å². The van der Waals surface area contributed by atoms with Crippen molar-refractivity contribution in [1.82, 2.24) is 14.9 Å². The van der Waals surface area contributed by atoms with E-state index >= 15 is 0 Å². The summed E-state index contributed by atoms with van der Waals surface area (Å²) in [5.41, 5.74) is 0.635. The molecule has 0 amide bonds. The van der Waals surface area contributed by atoms with Crippen LogP contribution < -0.4 is 9.64 Å². The van der Waals surface area contributed by atoms with Crippen LogP contribution in [0.25, 0.3) is 10.9 Å². The molecular weight excluding hydrogens is 367 g/mol. The monoisotopic (exact) mass is 386 g/mol. The van der Waals surface area contributed by atoms with Crippen LogP contribution >= 0.6 is 11.6 Å². The lowest BCUT2D eigenvalue weighted by atomic mass is 10.2. The van der Waals surface area contributed by atoms with Crippen LogP contribution in [0.15, 0.2) is 48.8 Å². The number of para-hydroxylation sites is 1. The van der Waals surface area contributed by atoms with Crippen molar-refractivity contribution in [2.45, 2.75) is 0 Å². The molecule has 1 saturated heterocycles. The van der Waals surface area contributed by atoms with Gasteiger partial charge in [-0.1, -0.05) is 29.8 Å². The molecule has 2 heterocycles. The van der Waals surface area contributed by atoms with Crippen LogP contribution in [0, 0.1) is 5.82 Å². The second kappa shape index (κ2) is 8.06. The minimum absolute atomic E-state index is 0.279. The highest BCUT2D eigenvalue weighted by Crippen LogP contribution is 2.26. The molecule has 1 aromatic heterocycles. The number of halogens is 2. The molecule has 0 spiro atoms. The fraction of sp³-hybridized carbons (Fsp3) is 0.300. The summed E-state index contributed by atoms with van der Waals surface area (Å²) < 4.78 is 20.1. The van der Waals surface area contributed by atoms with Crippen LogP contribution in [-0.4, -0.2) is 54.2 Å². The summed E-state index contributed by atoms with van der Waals surface area (Å²) in [7, 11) is 0. The predicted octanol–water partition coefficient (Wildman–Crippen LogP) is 3.62. The predicted molar refractivity (Wildman–Crippen MR) is 105 cm³/mol. The largest absolute Gasteiger partial charge is 0.491 e. The van der Waals surface area contributed by atoms with E-state index in [1.165, 1.54) is 12.4 Å². The summed E-state index contributed by atoms with van der Waals surface area (Å²) in [6.07, 6.45) is 1.50. The molecule has 0 radical (unpaired) electrons. The zero-order valence-corrected chi connectivity index (χ0v) is 15.6. The molecule has 0 saturated carbocycles. The fourth-order valence-corrected chi connectivity index (χ4v) is 3.51. The first-order valence-corrected chi connectivity index (χ1v) is 9.34. The third kappa shape index (κ3) is 3.96. The van der Waals surface area contributed by atoms with Crippen molar-refractivity contribution in [2.24, 2.45) is 0 Å². The van der Waals surface area contributed by atoms with Gasteiger partial charge >= 0.3 is 0 Å². The summed E-state index contributed by atoms with van der Waals surface area (Å²) in [6.45, 7) is 4.70. The van der Waals surface area contributed by atoms with E-state index in [9.17, 15) is 4.39 Å². The summed E-state index contributed by atoms with van der Waals surface area (Å²) >= 11 is 6.11. The fourth-order valence-electron chi connectivity index (χ4n) is 3.32. The van der Waals surface area contributed by atoms with Crippen molar-refractivity contribution in [3.05, 3.63) is 59.6 Å². The Labute approximate surface area is 162 Å². The maximum absolute atomic E-state index is 14.3. The lowest BCUT2D eigenvalue weighted by Gasteiger charge is -2.35. The summed E-state index contributed by atoms with van der Waals surface area (Å²) in [5, 5.41) is 1.12. The molecule has 5 nitrogen and oxygen atoms in total. The summed E-state index contributed by atoms with van der Waals surface area (Å²) in [6, 6.07) is 12.4. The number of hydrogen-bond acceptors (Lipinski definition) is 5. The van der Waals surface area contributed by atoms with E-state index < -0.39 is 0 Å². The molecule has 27 heavy (non-hydrogen) atoms. The Bertz CT molecular complexity index is 926. The second-order valence-electron chi connectivity index (χ2n) is 6.44. The zero-order valence-electron chi connectivity index (χ0n) is 14.8. The van der Waals surface area contributed by atoms with Gasteiger partial charge in [-0.05, 0) is 24.3 Å². The summed E-state index contributed by atoms with van der Waals surface area (Å²) in [5.74, 6) is 1.10. The molecule has 0 aliphatic carbocycles. The van der Waals surface area contributed by atoms with Gasteiger partial charge in [-0.2, -0.15) is 0 Å². The lowest BCUT2D eigenvalue weighted by molar-refractivity contribution is 0.200. The van der Waals surface area contributed by atoms with Crippen molar-refractivity contribution in [3.63, 3.8) is 0 Å². The Hall–Kier alpha value is -2.44. The number of piperazine rings is 1. The quantitative estimate of drug-likeness (QED) is 0.670. The van der Waals surface area contributed by atoms with Crippen LogP contribution in [0.3, 0.4) is 0 Å². The van der Waals surface area contributed by atoms with Gasteiger partial charge in [0.05, 0.1) is 15.9 Å². The SMILES string of the molecule is Fc1cccc2ncnc(N3CCN(CCOc4ccccc4Cl)CC3)c12. The molecule has 0 unspecified atom stereocenters. The van der Waals surface area contributed by atoms with Crippen LogP contribution in [0.1, 0.15) is 0 Å². The van der Waals surface area contributed by atoms with Gasteiger partial charge in [0, 0.05) is 32.7 Å². The molecule has 3 aromatic rings. The number of aromatic nitrogens is 2. The normalized spacial score (nSPS) is 15.3. The molecule has 1 aliphatic rings. The zero-order chi connectivity index (χ0) is 18.6. The van der Waals surface area contributed by atoms with Gasteiger partial charge in [0.15, 0.2) is 0 Å². The second-order valence-corrected chi connectivity index (χ2v) is 6.85. The maximum atomic E-state index is 14.3. The minimum atomic E-state index is -0.279. The van der Waals surface area contributed by atoms with E-state index in [0.29, 0.717) is 34.1 Å². The van der Waals surface area contributed by atoms with Gasteiger partial charge in [-0.25, -0.2) is 14.4 Å². The van der Waals surface area contributed by atoms with Gasteiger partial charge in [-0.15, -0.1) is 0 Å². The van der Waals surface area contributed by atoms with Crippen LogP contribution in [0.2, 0.25) is 5.02 Å². The smallest absolute Gasteiger partial charge is 0.142 e. The van der Waals surface area contributed by atoms with E-state index in [4.69, 9.17) is 16.3 Å². The maximum Gasteiger partial charge on any atom is 0.142 e. The Morgan fingerprint density at radius 3 is 2.63 bits per heavy atom. The molecule has 140 valence electrons. The number of ether oxygens (including phenoxy) is 1. The third-order valence-electron chi connectivity index (χ3n) is 4.77. The standard InChI is InChI=1S/C20H20ClFN4O/c21-15-4-1-2-7-18(15)27-13-12-25-8-10-26(11-9-25)20-19-16(22)5-3-6-17(19)23-14-24-20/h1-7,14H,8-13H2. The van der Waals surface area contributed by atoms with Gasteiger partial charge < -0.3 is 9.64 Å². The first kappa shape index (κ1) is 17.9. The highest BCUT2D eigenvalue weighted by atomic mass is 35.5. The average molecular weight is 387 g/mol. The van der Waals surface area contributed by atoms with E-state index in [1.54, 1.807) is 6.07 Å². The van der Waals surface area contributed by atoms with Crippen LogP contribution in [0.4, 0.5) is 10.2 Å². The number of fused-ring (bicyclic) bond motifs is 1. The van der Waals surface area contributed by atoms with Crippen LogP contribution in [-0.2, 0) is 0 Å². The van der Waals surface area contributed by atoms with Crippen molar-refractivity contribution in [1.29, 1.82) is 0 Å². The van der Waals surface area contributed by atoms with E-state index in [-0.39, 0.29) is 5.82 Å². The van der Waals surface area contributed by atoms with Crippen molar-refractivity contribution in [3.8, 4) is 5.75 Å². The van der Waals surface area contributed by atoms with Gasteiger partial charge in [-0.3, -0.25) is 4.90 Å². The number of nitrogens with zero attached hydrogens (tertiary/aromatic N) is 4. The highest BCUT2D eigenvalue weighted by Gasteiger charge is 2.21. The van der Waals surface area contributed by atoms with E-state index in [1.807, 2.05) is 30.3 Å². The first-order valence-electron chi connectivity index (χ1n) is 8.96. The third-order valence-corrected chi connectivity index (χ3v) is 5.08. The molecule has 0 N–H and O–H groups in total. The minimum Gasteiger partial charge on any atom is -0.491 e. The summed E-state index contributed by atoms with van der Waals surface area (Å²) in [4.78, 5) is 13.0. The topological polar surface area (TPSA) is 41.5 Å². The van der Waals surface area contributed by atoms with E-state index in [2.05, 4.69) is 19.8 Å². The highest BCUT2D eigenvalue weighted by molar-refractivity contribution is 6.32. The van der Waals surface area contributed by atoms with Crippen LogP contribution in [0.5, 0.6) is 5.75 Å². The van der Waals surface area contributed by atoms with Gasteiger partial charge in [0.2, 0.25) is 0 Å². The number of rotatable bonds is 5. The molecule has 1 aliphatic heterocycles. The molecule has 1 fully saturated rings. The van der Waals surface area contributed by atoms with Gasteiger partial charge in [0.25, 0.3) is 0 Å². The Balaban J connectivity index is 1.35. The lowest BCUT2D eigenvalue weighted by Crippen LogP contribution is -2.47.